The van der Waals surface area contributed by atoms with Crippen LogP contribution < -0.4 is 10.3 Å². The summed E-state index contributed by atoms with van der Waals surface area (Å²) in [7, 11) is 0. The number of benzene rings is 1. The van der Waals surface area contributed by atoms with Crippen LogP contribution in [0.1, 0.15) is 12.7 Å². The van der Waals surface area contributed by atoms with Crippen LogP contribution in [0.25, 0.3) is 10.9 Å². The first-order chi connectivity index (χ1) is 8.39. The number of aromatic nitrogens is 2. The summed E-state index contributed by atoms with van der Waals surface area (Å²) in [6, 6.07) is 3.47. The van der Waals surface area contributed by atoms with Crippen molar-refractivity contribution in [1.29, 1.82) is 0 Å². The zero-order valence-electron chi connectivity index (χ0n) is 9.34. The van der Waals surface area contributed by atoms with Crippen LogP contribution in [0.4, 0.5) is 13.2 Å². The van der Waals surface area contributed by atoms with E-state index in [0.29, 0.717) is 17.8 Å². The van der Waals surface area contributed by atoms with E-state index in [-0.39, 0.29) is 5.39 Å². The van der Waals surface area contributed by atoms with Crippen molar-refractivity contribution >= 4 is 10.9 Å². The van der Waals surface area contributed by atoms with E-state index < -0.39 is 17.7 Å². The summed E-state index contributed by atoms with van der Waals surface area (Å²) in [6.45, 7) is 1.81. The Hall–Kier alpha value is -2.05. The topological polar surface area (TPSA) is 55.0 Å². The standard InChI is InChI=1S/C11H9F3N2O2/c1-2-9-15-8-4-3-6(18-11(12,13)14)5-7(8)10(17)16-9/h3-5H,2H2,1H3,(H,15,16,17). The highest BCUT2D eigenvalue weighted by Gasteiger charge is 2.31. The monoisotopic (exact) mass is 258 g/mol. The molecule has 1 N–H and O–H groups in total. The number of nitrogens with one attached hydrogen (secondary N) is 1. The summed E-state index contributed by atoms with van der Waals surface area (Å²) in [6.07, 6.45) is -4.25. The van der Waals surface area contributed by atoms with Gasteiger partial charge in [0.15, 0.2) is 0 Å². The molecule has 1 aromatic carbocycles. The highest BCUT2D eigenvalue weighted by atomic mass is 19.4. The zero-order valence-corrected chi connectivity index (χ0v) is 9.34. The molecule has 0 bridgehead atoms. The Labute approximate surface area is 99.4 Å². The lowest BCUT2D eigenvalue weighted by Gasteiger charge is -2.09. The Bertz CT molecular complexity index is 634. The summed E-state index contributed by atoms with van der Waals surface area (Å²) < 4.78 is 39.9. The van der Waals surface area contributed by atoms with Gasteiger partial charge in [0.25, 0.3) is 5.56 Å². The van der Waals surface area contributed by atoms with Gasteiger partial charge in [-0.25, -0.2) is 4.98 Å². The molecule has 0 aliphatic heterocycles. The van der Waals surface area contributed by atoms with Gasteiger partial charge in [0.1, 0.15) is 11.6 Å². The molecule has 0 saturated heterocycles. The van der Waals surface area contributed by atoms with Crippen molar-refractivity contribution in [2.75, 3.05) is 0 Å². The minimum absolute atomic E-state index is 0.0638. The Kier molecular flexibility index (Phi) is 2.98. The molecule has 2 rings (SSSR count). The first-order valence-corrected chi connectivity index (χ1v) is 5.18. The number of fused-ring (bicyclic) bond motifs is 1. The molecule has 0 aliphatic carbocycles. The molecule has 0 amide bonds. The molecule has 2 aromatic rings. The maximum atomic E-state index is 12.0. The van der Waals surface area contributed by atoms with Crippen molar-refractivity contribution in [3.63, 3.8) is 0 Å². The second-order valence-corrected chi connectivity index (χ2v) is 3.59. The highest BCUT2D eigenvalue weighted by molar-refractivity contribution is 5.79. The Morgan fingerprint density at radius 2 is 2.11 bits per heavy atom. The van der Waals surface area contributed by atoms with E-state index in [2.05, 4.69) is 14.7 Å². The summed E-state index contributed by atoms with van der Waals surface area (Å²) in [5.74, 6) is 0.0449. The quantitative estimate of drug-likeness (QED) is 0.899. The Morgan fingerprint density at radius 3 is 2.72 bits per heavy atom. The molecule has 96 valence electrons. The molecule has 0 aliphatic rings. The molecule has 0 fully saturated rings. The summed E-state index contributed by atoms with van der Waals surface area (Å²) >= 11 is 0. The smallest absolute Gasteiger partial charge is 0.406 e. The Balaban J connectivity index is 2.52. The molecule has 1 heterocycles. The van der Waals surface area contributed by atoms with E-state index in [4.69, 9.17) is 0 Å². The molecule has 4 nitrogen and oxygen atoms in total. The van der Waals surface area contributed by atoms with Gasteiger partial charge in [0.2, 0.25) is 0 Å². The lowest BCUT2D eigenvalue weighted by atomic mass is 10.2. The van der Waals surface area contributed by atoms with Gasteiger partial charge in [-0.1, -0.05) is 6.92 Å². The maximum absolute atomic E-state index is 12.0. The molecule has 0 saturated carbocycles. The largest absolute Gasteiger partial charge is 0.573 e. The maximum Gasteiger partial charge on any atom is 0.573 e. The van der Waals surface area contributed by atoms with Crippen LogP contribution in [-0.2, 0) is 6.42 Å². The average molecular weight is 258 g/mol. The van der Waals surface area contributed by atoms with Crippen LogP contribution in [0, 0.1) is 0 Å². The van der Waals surface area contributed by atoms with Gasteiger partial charge < -0.3 is 9.72 Å². The van der Waals surface area contributed by atoms with Crippen molar-refractivity contribution in [3.8, 4) is 5.75 Å². The number of hydrogen-bond donors (Lipinski definition) is 1. The van der Waals surface area contributed by atoms with E-state index in [9.17, 15) is 18.0 Å². The lowest BCUT2D eigenvalue weighted by Crippen LogP contribution is -2.17. The number of rotatable bonds is 2. The van der Waals surface area contributed by atoms with E-state index in [0.717, 1.165) is 12.1 Å². The van der Waals surface area contributed by atoms with E-state index in [1.165, 1.54) is 6.07 Å². The fourth-order valence-corrected chi connectivity index (χ4v) is 1.53. The molecule has 7 heteroatoms. The van der Waals surface area contributed by atoms with Gasteiger partial charge >= 0.3 is 6.36 Å². The van der Waals surface area contributed by atoms with Crippen LogP contribution in [0.5, 0.6) is 5.75 Å². The van der Waals surface area contributed by atoms with Crippen LogP contribution in [-0.4, -0.2) is 16.3 Å². The van der Waals surface area contributed by atoms with Gasteiger partial charge in [0.05, 0.1) is 10.9 Å². The van der Waals surface area contributed by atoms with Gasteiger partial charge in [-0.15, -0.1) is 13.2 Å². The van der Waals surface area contributed by atoms with E-state index >= 15 is 0 Å². The molecule has 18 heavy (non-hydrogen) atoms. The van der Waals surface area contributed by atoms with Crippen molar-refractivity contribution in [3.05, 3.63) is 34.4 Å². The lowest BCUT2D eigenvalue weighted by molar-refractivity contribution is -0.274. The van der Waals surface area contributed by atoms with Gasteiger partial charge in [0, 0.05) is 6.42 Å². The molecule has 1 aromatic heterocycles. The van der Waals surface area contributed by atoms with E-state index in [1.807, 2.05) is 6.92 Å². The SMILES string of the molecule is CCc1nc2ccc(OC(F)(F)F)cc2c(=O)[nH]1. The minimum Gasteiger partial charge on any atom is -0.406 e. The van der Waals surface area contributed by atoms with Gasteiger partial charge in [-0.2, -0.15) is 0 Å². The number of aromatic amines is 1. The van der Waals surface area contributed by atoms with Crippen LogP contribution >= 0.6 is 0 Å². The fourth-order valence-electron chi connectivity index (χ4n) is 1.53. The van der Waals surface area contributed by atoms with Gasteiger partial charge in [-0.05, 0) is 18.2 Å². The summed E-state index contributed by atoms with van der Waals surface area (Å²) in [5, 5.41) is 0.0638. The number of ether oxygens (including phenoxy) is 1. The molecule has 0 atom stereocenters. The van der Waals surface area contributed by atoms with Crippen molar-refractivity contribution < 1.29 is 17.9 Å². The number of H-pyrrole nitrogens is 1. The third kappa shape index (κ3) is 2.61. The second kappa shape index (κ2) is 4.32. The van der Waals surface area contributed by atoms with Crippen molar-refractivity contribution in [2.45, 2.75) is 19.7 Å². The number of hydrogen-bond acceptors (Lipinski definition) is 3. The first-order valence-electron chi connectivity index (χ1n) is 5.18. The van der Waals surface area contributed by atoms with Crippen LogP contribution in [0.3, 0.4) is 0 Å². The predicted molar refractivity (Wildman–Crippen MR) is 58.4 cm³/mol. The molecular weight excluding hydrogens is 249 g/mol. The number of aryl methyl sites for hydroxylation is 1. The zero-order chi connectivity index (χ0) is 13.3. The first kappa shape index (κ1) is 12.4. The molecular formula is C11H9F3N2O2. The predicted octanol–water partition coefficient (Wildman–Crippen LogP) is 2.38. The molecule has 0 unspecified atom stereocenters. The average Bonchev–Trinajstić information content (AvgIpc) is 2.27. The third-order valence-corrected chi connectivity index (χ3v) is 2.29. The number of halogens is 3. The molecule has 0 radical (unpaired) electrons. The summed E-state index contributed by atoms with van der Waals surface area (Å²) in [4.78, 5) is 18.2. The second-order valence-electron chi connectivity index (χ2n) is 3.59. The molecule has 0 spiro atoms. The minimum atomic E-state index is -4.78. The van der Waals surface area contributed by atoms with Crippen LogP contribution in [0.15, 0.2) is 23.0 Å². The Morgan fingerprint density at radius 1 is 1.39 bits per heavy atom. The van der Waals surface area contributed by atoms with Crippen molar-refractivity contribution in [1.82, 2.24) is 9.97 Å². The van der Waals surface area contributed by atoms with Gasteiger partial charge in [-0.3, -0.25) is 4.79 Å². The van der Waals surface area contributed by atoms with E-state index in [1.54, 1.807) is 0 Å². The summed E-state index contributed by atoms with van der Waals surface area (Å²) in [5.41, 5.74) is -0.144. The number of alkyl halides is 3. The normalized spacial score (nSPS) is 11.8. The highest BCUT2D eigenvalue weighted by Crippen LogP contribution is 2.24. The number of nitrogens with zero attached hydrogens (tertiary/aromatic N) is 1. The third-order valence-electron chi connectivity index (χ3n) is 2.29. The fraction of sp³-hybridized carbons (Fsp3) is 0.273. The van der Waals surface area contributed by atoms with Crippen LogP contribution in [0.2, 0.25) is 0 Å². The van der Waals surface area contributed by atoms with Crippen molar-refractivity contribution in [2.24, 2.45) is 0 Å².